The van der Waals surface area contributed by atoms with Crippen molar-refractivity contribution in [3.63, 3.8) is 0 Å². The molecule has 0 radical (unpaired) electrons. The number of methoxy groups -OCH3 is 1. The molecule has 5 nitrogen and oxygen atoms in total. The predicted octanol–water partition coefficient (Wildman–Crippen LogP) is 2.43. The maximum atomic E-state index is 12.4. The van der Waals surface area contributed by atoms with Crippen LogP contribution in [0.1, 0.15) is 19.0 Å². The van der Waals surface area contributed by atoms with Crippen molar-refractivity contribution in [2.24, 2.45) is 0 Å². The van der Waals surface area contributed by atoms with E-state index in [1.165, 1.54) is 0 Å². The van der Waals surface area contributed by atoms with E-state index in [0.29, 0.717) is 29.6 Å². The van der Waals surface area contributed by atoms with Gasteiger partial charge < -0.3 is 10.5 Å². The van der Waals surface area contributed by atoms with Gasteiger partial charge in [0.15, 0.2) is 0 Å². The van der Waals surface area contributed by atoms with Gasteiger partial charge in [-0.15, -0.1) is 0 Å². The molecule has 0 fully saturated rings. The minimum absolute atomic E-state index is 0.222. The average molecular weight is 296 g/mol. The minimum Gasteiger partial charge on any atom is -0.393 e. The van der Waals surface area contributed by atoms with Gasteiger partial charge in [-0.25, -0.2) is 4.68 Å². The summed E-state index contributed by atoms with van der Waals surface area (Å²) in [5, 5.41) is 0.575. The van der Waals surface area contributed by atoms with Crippen molar-refractivity contribution >= 4 is 17.3 Å². The Bertz CT molecular complexity index is 661. The zero-order valence-corrected chi connectivity index (χ0v) is 12.4. The summed E-state index contributed by atoms with van der Waals surface area (Å²) < 4.78 is 8.55. The van der Waals surface area contributed by atoms with E-state index in [1.54, 1.807) is 30.0 Å². The lowest BCUT2D eigenvalue weighted by Gasteiger charge is -2.14. The second-order valence-electron chi connectivity index (χ2n) is 4.51. The molecule has 2 N–H and O–H groups in total. The standard InChI is InChI=1S/C14H18ClN3O2/c1-3-7-17-12(9-20-2)13(16)14(19)18(17)11-6-4-5-10(15)8-11/h4-6,8H,3,7,9,16H2,1-2H3. The van der Waals surface area contributed by atoms with Gasteiger partial charge in [-0.1, -0.05) is 24.6 Å². The summed E-state index contributed by atoms with van der Waals surface area (Å²) in [6, 6.07) is 7.14. The number of hydrogen-bond donors (Lipinski definition) is 1. The number of benzene rings is 1. The maximum Gasteiger partial charge on any atom is 0.294 e. The fraction of sp³-hybridized carbons (Fsp3) is 0.357. The fourth-order valence-corrected chi connectivity index (χ4v) is 2.39. The number of anilines is 1. The molecule has 0 aliphatic rings. The maximum absolute atomic E-state index is 12.4. The normalized spacial score (nSPS) is 10.9. The zero-order valence-electron chi connectivity index (χ0n) is 11.6. The lowest BCUT2D eigenvalue weighted by molar-refractivity contribution is 0.176. The topological polar surface area (TPSA) is 62.2 Å². The summed E-state index contributed by atoms with van der Waals surface area (Å²) in [6.45, 7) is 3.02. The van der Waals surface area contributed by atoms with Gasteiger partial charge in [0.05, 0.1) is 18.0 Å². The summed E-state index contributed by atoms with van der Waals surface area (Å²) >= 11 is 6.00. The second kappa shape index (κ2) is 6.15. The number of rotatable bonds is 5. The first-order valence-corrected chi connectivity index (χ1v) is 6.83. The molecule has 0 aliphatic heterocycles. The van der Waals surface area contributed by atoms with E-state index in [0.717, 1.165) is 6.42 Å². The molecular formula is C14H18ClN3O2. The van der Waals surface area contributed by atoms with Crippen LogP contribution in [-0.2, 0) is 17.9 Å². The van der Waals surface area contributed by atoms with Crippen LogP contribution in [0.5, 0.6) is 0 Å². The average Bonchev–Trinajstić information content (AvgIpc) is 2.65. The first-order chi connectivity index (χ1) is 9.60. The Morgan fingerprint density at radius 3 is 2.75 bits per heavy atom. The highest BCUT2D eigenvalue weighted by Crippen LogP contribution is 2.18. The molecule has 2 aromatic rings. The van der Waals surface area contributed by atoms with E-state index in [4.69, 9.17) is 22.1 Å². The van der Waals surface area contributed by atoms with Crippen molar-refractivity contribution in [3.05, 3.63) is 45.3 Å². The molecule has 0 bridgehead atoms. The van der Waals surface area contributed by atoms with Gasteiger partial charge >= 0.3 is 0 Å². The second-order valence-corrected chi connectivity index (χ2v) is 4.95. The summed E-state index contributed by atoms with van der Waals surface area (Å²) in [5.74, 6) is 0. The molecule has 0 saturated heterocycles. The first kappa shape index (κ1) is 14.7. The van der Waals surface area contributed by atoms with Crippen molar-refractivity contribution < 1.29 is 4.74 Å². The Morgan fingerprint density at radius 2 is 2.15 bits per heavy atom. The number of ether oxygens (including phenoxy) is 1. The molecule has 0 spiro atoms. The number of hydrogen-bond acceptors (Lipinski definition) is 3. The fourth-order valence-electron chi connectivity index (χ4n) is 2.21. The smallest absolute Gasteiger partial charge is 0.294 e. The molecular weight excluding hydrogens is 278 g/mol. The summed E-state index contributed by atoms with van der Waals surface area (Å²) in [5.41, 5.74) is 7.30. The van der Waals surface area contributed by atoms with Crippen LogP contribution < -0.4 is 11.3 Å². The SMILES string of the molecule is CCCn1c(COC)c(N)c(=O)n1-c1cccc(Cl)c1. The Labute approximate surface area is 122 Å². The van der Waals surface area contributed by atoms with E-state index in [9.17, 15) is 4.79 Å². The minimum atomic E-state index is -0.243. The molecule has 0 aliphatic carbocycles. The van der Waals surface area contributed by atoms with Crippen molar-refractivity contribution in [2.75, 3.05) is 12.8 Å². The highest BCUT2D eigenvalue weighted by atomic mass is 35.5. The van der Waals surface area contributed by atoms with Crippen LogP contribution in [0, 0.1) is 0 Å². The van der Waals surface area contributed by atoms with Gasteiger partial charge in [-0.05, 0) is 24.6 Å². The van der Waals surface area contributed by atoms with Crippen LogP contribution in [0.3, 0.4) is 0 Å². The number of nitrogens with two attached hydrogens (primary N) is 1. The quantitative estimate of drug-likeness (QED) is 0.921. The molecule has 6 heteroatoms. The van der Waals surface area contributed by atoms with Gasteiger partial charge in [0.2, 0.25) is 0 Å². The Hall–Kier alpha value is -1.72. The lowest BCUT2D eigenvalue weighted by Crippen LogP contribution is -2.22. The van der Waals surface area contributed by atoms with Crippen molar-refractivity contribution in [1.82, 2.24) is 9.36 Å². The highest BCUT2D eigenvalue weighted by molar-refractivity contribution is 6.30. The highest BCUT2D eigenvalue weighted by Gasteiger charge is 2.18. The monoisotopic (exact) mass is 295 g/mol. The van der Waals surface area contributed by atoms with Crippen molar-refractivity contribution in [3.8, 4) is 5.69 Å². The summed E-state index contributed by atoms with van der Waals surface area (Å²) in [7, 11) is 1.58. The van der Waals surface area contributed by atoms with Crippen LogP contribution in [0.2, 0.25) is 5.02 Å². The molecule has 1 heterocycles. The van der Waals surface area contributed by atoms with E-state index < -0.39 is 0 Å². The zero-order chi connectivity index (χ0) is 14.7. The molecule has 0 amide bonds. The number of nitrogens with zero attached hydrogens (tertiary/aromatic N) is 2. The third kappa shape index (κ3) is 2.59. The van der Waals surface area contributed by atoms with Gasteiger partial charge in [0.1, 0.15) is 5.69 Å². The molecule has 1 aromatic carbocycles. The van der Waals surface area contributed by atoms with Crippen molar-refractivity contribution in [2.45, 2.75) is 26.5 Å². The number of halogens is 1. The number of aromatic nitrogens is 2. The van der Waals surface area contributed by atoms with Gasteiger partial charge in [-0.3, -0.25) is 9.48 Å². The van der Waals surface area contributed by atoms with Crippen LogP contribution in [0.4, 0.5) is 5.69 Å². The van der Waals surface area contributed by atoms with Crippen molar-refractivity contribution in [1.29, 1.82) is 0 Å². The first-order valence-electron chi connectivity index (χ1n) is 6.45. The van der Waals surface area contributed by atoms with E-state index in [2.05, 4.69) is 0 Å². The van der Waals surface area contributed by atoms with Crippen LogP contribution in [0.25, 0.3) is 5.69 Å². The van der Waals surface area contributed by atoms with Gasteiger partial charge in [0, 0.05) is 18.7 Å². The third-order valence-electron chi connectivity index (χ3n) is 3.06. The molecule has 0 atom stereocenters. The number of nitrogen functional groups attached to an aromatic ring is 1. The molecule has 0 saturated carbocycles. The Morgan fingerprint density at radius 1 is 1.40 bits per heavy atom. The molecule has 0 unspecified atom stereocenters. The summed E-state index contributed by atoms with van der Waals surface area (Å²) in [6.07, 6.45) is 0.880. The van der Waals surface area contributed by atoms with Crippen LogP contribution in [-0.4, -0.2) is 16.5 Å². The Balaban J connectivity index is 2.68. The van der Waals surface area contributed by atoms with Crippen LogP contribution in [0.15, 0.2) is 29.1 Å². The molecule has 2 rings (SSSR count). The van der Waals surface area contributed by atoms with E-state index in [-0.39, 0.29) is 11.2 Å². The molecule has 20 heavy (non-hydrogen) atoms. The lowest BCUT2D eigenvalue weighted by atomic mass is 10.3. The van der Waals surface area contributed by atoms with E-state index >= 15 is 0 Å². The van der Waals surface area contributed by atoms with Gasteiger partial charge in [0.25, 0.3) is 5.56 Å². The Kier molecular flexibility index (Phi) is 4.52. The largest absolute Gasteiger partial charge is 0.393 e. The van der Waals surface area contributed by atoms with Crippen LogP contribution >= 0.6 is 11.6 Å². The summed E-state index contributed by atoms with van der Waals surface area (Å²) in [4.78, 5) is 12.4. The molecule has 1 aromatic heterocycles. The van der Waals surface area contributed by atoms with Gasteiger partial charge in [-0.2, -0.15) is 0 Å². The third-order valence-corrected chi connectivity index (χ3v) is 3.29. The predicted molar refractivity (Wildman–Crippen MR) is 80.5 cm³/mol. The molecule has 108 valence electrons. The van der Waals surface area contributed by atoms with E-state index in [1.807, 2.05) is 17.7 Å².